The Bertz CT molecular complexity index is 603. The zero-order valence-corrected chi connectivity index (χ0v) is 13.8. The van der Waals surface area contributed by atoms with E-state index in [4.69, 9.17) is 4.74 Å². The monoisotopic (exact) mass is 351 g/mol. The highest BCUT2D eigenvalue weighted by atomic mass is 79.9. The zero-order chi connectivity index (χ0) is 15.2. The largest absolute Gasteiger partial charge is 0.489 e. The summed E-state index contributed by atoms with van der Waals surface area (Å²) in [6.07, 6.45) is 0. The minimum atomic E-state index is -0.273. The summed E-state index contributed by atoms with van der Waals surface area (Å²) >= 11 is 3.26. The Balaban J connectivity index is 2.15. The summed E-state index contributed by atoms with van der Waals surface area (Å²) in [7, 11) is 0. The molecule has 0 bridgehead atoms. The molecule has 0 amide bonds. The van der Waals surface area contributed by atoms with Crippen molar-refractivity contribution in [2.45, 2.75) is 26.5 Å². The fraction of sp³-hybridized carbons (Fsp3) is 0.294. The molecule has 112 valence electrons. The van der Waals surface area contributed by atoms with E-state index < -0.39 is 0 Å². The summed E-state index contributed by atoms with van der Waals surface area (Å²) in [5, 5.41) is 3.37. The molecule has 2 aromatic rings. The predicted molar refractivity (Wildman–Crippen MR) is 87.0 cm³/mol. The van der Waals surface area contributed by atoms with Gasteiger partial charge in [-0.1, -0.05) is 37.3 Å². The van der Waals surface area contributed by atoms with Crippen molar-refractivity contribution in [2.75, 3.05) is 6.54 Å². The average Bonchev–Trinajstić information content (AvgIpc) is 2.49. The highest BCUT2D eigenvalue weighted by molar-refractivity contribution is 9.10. The first-order chi connectivity index (χ1) is 10.1. The van der Waals surface area contributed by atoms with E-state index in [0.29, 0.717) is 11.1 Å². The Labute approximate surface area is 133 Å². The predicted octanol–water partition coefficient (Wildman–Crippen LogP) is 4.84. The molecular formula is C17H19BrFNO. The van der Waals surface area contributed by atoms with Crippen LogP contribution in [-0.4, -0.2) is 6.54 Å². The molecule has 0 saturated heterocycles. The van der Waals surface area contributed by atoms with Crippen molar-refractivity contribution < 1.29 is 9.13 Å². The van der Waals surface area contributed by atoms with E-state index in [1.165, 1.54) is 6.07 Å². The maximum Gasteiger partial charge on any atom is 0.137 e. The molecule has 0 fully saturated rings. The fourth-order valence-electron chi connectivity index (χ4n) is 2.20. The molecule has 0 aromatic heterocycles. The molecule has 0 heterocycles. The van der Waals surface area contributed by atoms with Crippen molar-refractivity contribution in [3.8, 4) is 5.75 Å². The second-order valence-electron chi connectivity index (χ2n) is 4.82. The standard InChI is InChI=1S/C17H19BrFNO/c1-3-20-12(2)14-8-4-5-10-16(14)21-11-13-7-6-9-15(19)17(13)18/h4-10,12,20H,3,11H2,1-2H3. The van der Waals surface area contributed by atoms with Crippen LogP contribution in [0, 0.1) is 5.82 Å². The van der Waals surface area contributed by atoms with E-state index >= 15 is 0 Å². The van der Waals surface area contributed by atoms with Gasteiger partial charge in [0.05, 0.1) is 4.47 Å². The number of benzene rings is 2. The van der Waals surface area contributed by atoms with Gasteiger partial charge in [0.2, 0.25) is 0 Å². The van der Waals surface area contributed by atoms with Crippen LogP contribution in [0.25, 0.3) is 0 Å². The van der Waals surface area contributed by atoms with Crippen LogP contribution in [-0.2, 0) is 6.61 Å². The van der Waals surface area contributed by atoms with Crippen molar-refractivity contribution in [1.29, 1.82) is 0 Å². The van der Waals surface area contributed by atoms with Crippen LogP contribution in [0.2, 0.25) is 0 Å². The summed E-state index contributed by atoms with van der Waals surface area (Å²) in [6, 6.07) is 13.1. The van der Waals surface area contributed by atoms with E-state index in [0.717, 1.165) is 23.4 Å². The van der Waals surface area contributed by atoms with Gasteiger partial charge in [0.25, 0.3) is 0 Å². The average molecular weight is 352 g/mol. The summed E-state index contributed by atoms with van der Waals surface area (Å²) in [5.41, 5.74) is 1.90. The third-order valence-corrected chi connectivity index (χ3v) is 4.20. The maximum absolute atomic E-state index is 13.5. The Morgan fingerprint density at radius 2 is 1.95 bits per heavy atom. The Kier molecular flexibility index (Phi) is 5.76. The van der Waals surface area contributed by atoms with Crippen molar-refractivity contribution in [2.24, 2.45) is 0 Å². The number of rotatable bonds is 6. The van der Waals surface area contributed by atoms with E-state index in [-0.39, 0.29) is 11.9 Å². The third-order valence-electron chi connectivity index (χ3n) is 3.31. The summed E-state index contributed by atoms with van der Waals surface area (Å²) in [5.74, 6) is 0.549. The van der Waals surface area contributed by atoms with Gasteiger partial charge in [0, 0.05) is 17.2 Å². The molecule has 0 radical (unpaired) electrons. The van der Waals surface area contributed by atoms with E-state index in [9.17, 15) is 4.39 Å². The topological polar surface area (TPSA) is 21.3 Å². The minimum absolute atomic E-state index is 0.210. The molecule has 0 aliphatic carbocycles. The quantitative estimate of drug-likeness (QED) is 0.803. The van der Waals surface area contributed by atoms with Crippen LogP contribution in [0.4, 0.5) is 4.39 Å². The molecule has 2 aromatic carbocycles. The van der Waals surface area contributed by atoms with Gasteiger partial charge in [-0.3, -0.25) is 0 Å². The lowest BCUT2D eigenvalue weighted by Gasteiger charge is -2.18. The molecule has 0 saturated carbocycles. The van der Waals surface area contributed by atoms with E-state index in [1.807, 2.05) is 30.3 Å². The number of hydrogen-bond donors (Lipinski definition) is 1. The second kappa shape index (κ2) is 7.57. The van der Waals surface area contributed by atoms with Crippen molar-refractivity contribution >= 4 is 15.9 Å². The van der Waals surface area contributed by atoms with Crippen LogP contribution in [0.15, 0.2) is 46.9 Å². The number of nitrogens with one attached hydrogen (secondary N) is 1. The zero-order valence-electron chi connectivity index (χ0n) is 12.2. The molecule has 0 aliphatic heterocycles. The molecule has 4 heteroatoms. The highest BCUT2D eigenvalue weighted by Crippen LogP contribution is 2.27. The lowest BCUT2D eigenvalue weighted by Crippen LogP contribution is -2.18. The summed E-state index contributed by atoms with van der Waals surface area (Å²) in [4.78, 5) is 0. The fourth-order valence-corrected chi connectivity index (χ4v) is 2.58. The summed E-state index contributed by atoms with van der Waals surface area (Å²) in [6.45, 7) is 5.40. The third kappa shape index (κ3) is 4.05. The Morgan fingerprint density at radius 3 is 2.71 bits per heavy atom. The minimum Gasteiger partial charge on any atom is -0.489 e. The van der Waals surface area contributed by atoms with Gasteiger partial charge in [-0.05, 0) is 41.5 Å². The van der Waals surface area contributed by atoms with Gasteiger partial charge >= 0.3 is 0 Å². The number of ether oxygens (including phenoxy) is 1. The first kappa shape index (κ1) is 16.0. The van der Waals surface area contributed by atoms with Gasteiger partial charge in [0.1, 0.15) is 18.2 Å². The molecule has 1 unspecified atom stereocenters. The molecule has 2 rings (SSSR count). The SMILES string of the molecule is CCNC(C)c1ccccc1OCc1cccc(F)c1Br. The molecule has 2 nitrogen and oxygen atoms in total. The first-order valence-electron chi connectivity index (χ1n) is 7.01. The normalized spacial score (nSPS) is 12.2. The molecule has 0 spiro atoms. The van der Waals surface area contributed by atoms with Crippen LogP contribution >= 0.6 is 15.9 Å². The van der Waals surface area contributed by atoms with Gasteiger partial charge < -0.3 is 10.1 Å². The lowest BCUT2D eigenvalue weighted by atomic mass is 10.1. The molecule has 1 N–H and O–H groups in total. The number of para-hydroxylation sites is 1. The molecule has 21 heavy (non-hydrogen) atoms. The second-order valence-corrected chi connectivity index (χ2v) is 5.61. The first-order valence-corrected chi connectivity index (χ1v) is 7.80. The summed E-state index contributed by atoms with van der Waals surface area (Å²) < 4.78 is 19.9. The van der Waals surface area contributed by atoms with E-state index in [1.54, 1.807) is 6.07 Å². The van der Waals surface area contributed by atoms with Gasteiger partial charge in [-0.15, -0.1) is 0 Å². The number of hydrogen-bond acceptors (Lipinski definition) is 2. The lowest BCUT2D eigenvalue weighted by molar-refractivity contribution is 0.298. The Hall–Kier alpha value is -1.39. The van der Waals surface area contributed by atoms with Crippen LogP contribution in [0.5, 0.6) is 5.75 Å². The smallest absolute Gasteiger partial charge is 0.137 e. The van der Waals surface area contributed by atoms with Gasteiger partial charge in [0.15, 0.2) is 0 Å². The highest BCUT2D eigenvalue weighted by Gasteiger charge is 2.11. The van der Waals surface area contributed by atoms with Gasteiger partial charge in [-0.25, -0.2) is 4.39 Å². The van der Waals surface area contributed by atoms with Crippen molar-refractivity contribution in [3.63, 3.8) is 0 Å². The van der Waals surface area contributed by atoms with Crippen LogP contribution in [0.3, 0.4) is 0 Å². The van der Waals surface area contributed by atoms with Gasteiger partial charge in [-0.2, -0.15) is 0 Å². The Morgan fingerprint density at radius 1 is 1.19 bits per heavy atom. The van der Waals surface area contributed by atoms with Crippen molar-refractivity contribution in [3.05, 3.63) is 63.9 Å². The van der Waals surface area contributed by atoms with Crippen molar-refractivity contribution in [1.82, 2.24) is 5.32 Å². The molecule has 0 aliphatic rings. The molecular weight excluding hydrogens is 333 g/mol. The van der Waals surface area contributed by atoms with E-state index in [2.05, 4.69) is 35.1 Å². The molecule has 1 atom stereocenters. The van der Waals surface area contributed by atoms with Crippen LogP contribution in [0.1, 0.15) is 31.0 Å². The van der Waals surface area contributed by atoms with Crippen LogP contribution < -0.4 is 10.1 Å². The maximum atomic E-state index is 13.5. The number of halogens is 2.